The van der Waals surface area contributed by atoms with Gasteiger partial charge in [0.15, 0.2) is 0 Å². The van der Waals surface area contributed by atoms with Crippen molar-refractivity contribution in [2.24, 2.45) is 4.99 Å². The third kappa shape index (κ3) is 4.21. The van der Waals surface area contributed by atoms with Crippen molar-refractivity contribution in [3.8, 4) is 0 Å². The molecule has 0 aliphatic carbocycles. The highest BCUT2D eigenvalue weighted by molar-refractivity contribution is 5.35. The fourth-order valence-corrected chi connectivity index (χ4v) is 0.683. The van der Waals surface area contributed by atoms with Gasteiger partial charge in [0.1, 0.15) is 0 Å². The van der Waals surface area contributed by atoms with E-state index in [9.17, 15) is 0 Å². The van der Waals surface area contributed by atoms with E-state index in [1.807, 2.05) is 20.1 Å². The topological polar surface area (TPSA) is 60.3 Å². The fourth-order valence-electron chi connectivity index (χ4n) is 0.683. The van der Waals surface area contributed by atoms with Crippen LogP contribution in [0.2, 0.25) is 0 Å². The van der Waals surface area contributed by atoms with Crippen molar-refractivity contribution >= 4 is 6.01 Å². The summed E-state index contributed by atoms with van der Waals surface area (Å²) in [6, 6.07) is 1.99. The van der Waals surface area contributed by atoms with Crippen LogP contribution in [0.25, 0.3) is 0 Å². The summed E-state index contributed by atoms with van der Waals surface area (Å²) in [7, 11) is 3.77. The zero-order chi connectivity index (χ0) is 7.82. The molecule has 4 heteroatoms. The largest absolute Gasteiger partial charge is 0.305 e. The molecule has 10 heavy (non-hydrogen) atoms. The van der Waals surface area contributed by atoms with Gasteiger partial charge in [0.05, 0.1) is 18.7 Å². The SMILES string of the molecule is CNC(CCN=C=N)NC. The molecule has 3 N–H and O–H groups in total. The normalized spacial score (nSPS) is 9.50. The van der Waals surface area contributed by atoms with Crippen LogP contribution in [0.15, 0.2) is 4.99 Å². The Bertz CT molecular complexity index is 113. The second kappa shape index (κ2) is 6.42. The highest BCUT2D eigenvalue weighted by Crippen LogP contribution is 1.84. The number of rotatable bonds is 5. The summed E-state index contributed by atoms with van der Waals surface area (Å²) in [5.74, 6) is 0. The van der Waals surface area contributed by atoms with Gasteiger partial charge in [0.25, 0.3) is 0 Å². The minimum Gasteiger partial charge on any atom is -0.305 e. The van der Waals surface area contributed by atoms with Gasteiger partial charge in [-0.15, -0.1) is 0 Å². The second-order valence-corrected chi connectivity index (χ2v) is 1.91. The minimum atomic E-state index is 0.289. The van der Waals surface area contributed by atoms with Crippen molar-refractivity contribution in [1.82, 2.24) is 10.6 Å². The highest BCUT2D eigenvalue weighted by atomic mass is 15.1. The third-order valence-electron chi connectivity index (χ3n) is 1.31. The molecule has 0 saturated carbocycles. The summed E-state index contributed by atoms with van der Waals surface area (Å²) in [6.07, 6.45) is 1.18. The first-order valence-corrected chi connectivity index (χ1v) is 3.28. The summed E-state index contributed by atoms with van der Waals surface area (Å²) in [5, 5.41) is 12.6. The summed E-state index contributed by atoms with van der Waals surface area (Å²) >= 11 is 0. The Kier molecular flexibility index (Phi) is 5.97. The number of hydrogen-bond donors (Lipinski definition) is 3. The van der Waals surface area contributed by atoms with Crippen molar-refractivity contribution in [2.45, 2.75) is 12.6 Å². The van der Waals surface area contributed by atoms with Crippen LogP contribution in [-0.2, 0) is 0 Å². The van der Waals surface area contributed by atoms with Gasteiger partial charge in [-0.1, -0.05) is 0 Å². The average Bonchev–Trinajstić information content (AvgIpc) is 1.99. The van der Waals surface area contributed by atoms with E-state index in [0.29, 0.717) is 6.54 Å². The van der Waals surface area contributed by atoms with Gasteiger partial charge in [-0.3, -0.25) is 0 Å². The summed E-state index contributed by atoms with van der Waals surface area (Å²) in [6.45, 7) is 0.649. The van der Waals surface area contributed by atoms with Crippen molar-refractivity contribution < 1.29 is 0 Å². The molecule has 0 aliphatic rings. The molecule has 0 aromatic rings. The molecule has 0 unspecified atom stereocenters. The molecule has 0 aromatic carbocycles. The van der Waals surface area contributed by atoms with Gasteiger partial charge in [-0.2, -0.15) is 0 Å². The Morgan fingerprint density at radius 2 is 2.10 bits per heavy atom. The molecule has 0 heterocycles. The molecular weight excluding hydrogens is 128 g/mol. The fraction of sp³-hybridized carbons (Fsp3) is 0.833. The maximum Gasteiger partial charge on any atom is 0.0861 e. The maximum absolute atomic E-state index is 6.50. The first kappa shape index (κ1) is 9.30. The van der Waals surface area contributed by atoms with Crippen molar-refractivity contribution in [3.63, 3.8) is 0 Å². The van der Waals surface area contributed by atoms with E-state index < -0.39 is 0 Å². The first-order chi connectivity index (χ1) is 4.85. The minimum absolute atomic E-state index is 0.289. The number of nitrogens with zero attached hydrogens (tertiary/aromatic N) is 1. The summed E-state index contributed by atoms with van der Waals surface area (Å²) in [4.78, 5) is 3.64. The molecule has 0 bridgehead atoms. The lowest BCUT2D eigenvalue weighted by Crippen LogP contribution is -2.38. The quantitative estimate of drug-likeness (QED) is 0.370. The van der Waals surface area contributed by atoms with Crippen molar-refractivity contribution in [3.05, 3.63) is 0 Å². The van der Waals surface area contributed by atoms with Gasteiger partial charge in [0, 0.05) is 0 Å². The van der Waals surface area contributed by atoms with Gasteiger partial charge < -0.3 is 10.6 Å². The Labute approximate surface area is 61.2 Å². The lowest BCUT2D eigenvalue weighted by atomic mass is 10.3. The maximum atomic E-state index is 6.50. The molecule has 0 atom stereocenters. The van der Waals surface area contributed by atoms with Crippen LogP contribution in [-0.4, -0.2) is 32.8 Å². The Hall–Kier alpha value is -0.700. The molecule has 0 aliphatic heterocycles. The van der Waals surface area contributed by atoms with Gasteiger partial charge in [0.2, 0.25) is 0 Å². The van der Waals surface area contributed by atoms with E-state index in [0.717, 1.165) is 6.42 Å². The number of nitrogens with one attached hydrogen (secondary N) is 3. The molecule has 4 nitrogen and oxygen atoms in total. The lowest BCUT2D eigenvalue weighted by molar-refractivity contribution is 0.469. The Morgan fingerprint density at radius 1 is 1.50 bits per heavy atom. The molecule has 0 fully saturated rings. The predicted molar refractivity (Wildman–Crippen MR) is 41.5 cm³/mol. The van der Waals surface area contributed by atoms with E-state index in [2.05, 4.69) is 15.6 Å². The van der Waals surface area contributed by atoms with Crippen molar-refractivity contribution in [1.29, 1.82) is 5.41 Å². The smallest absolute Gasteiger partial charge is 0.0861 e. The zero-order valence-electron chi connectivity index (χ0n) is 6.44. The van der Waals surface area contributed by atoms with Crippen LogP contribution in [0.1, 0.15) is 6.42 Å². The predicted octanol–water partition coefficient (Wildman–Crippen LogP) is -0.106. The van der Waals surface area contributed by atoms with Crippen LogP contribution >= 0.6 is 0 Å². The molecule has 0 aromatic heterocycles. The van der Waals surface area contributed by atoms with Crippen LogP contribution in [0.3, 0.4) is 0 Å². The first-order valence-electron chi connectivity index (χ1n) is 3.28. The van der Waals surface area contributed by atoms with Gasteiger partial charge >= 0.3 is 0 Å². The Balaban J connectivity index is 3.34. The monoisotopic (exact) mass is 142 g/mol. The molecule has 0 spiro atoms. The van der Waals surface area contributed by atoms with E-state index >= 15 is 0 Å². The van der Waals surface area contributed by atoms with E-state index in [4.69, 9.17) is 5.41 Å². The standard InChI is InChI=1S/C6H14N4/c1-8-6(9-2)3-4-10-5-7/h6-9H,3-4H2,1-2H3. The molecule has 0 saturated heterocycles. The number of hydrogen-bond acceptors (Lipinski definition) is 4. The summed E-state index contributed by atoms with van der Waals surface area (Å²) < 4.78 is 0. The van der Waals surface area contributed by atoms with Gasteiger partial charge in [-0.25, -0.2) is 10.4 Å². The third-order valence-corrected chi connectivity index (χ3v) is 1.31. The molecule has 0 amide bonds. The van der Waals surface area contributed by atoms with Crippen molar-refractivity contribution in [2.75, 3.05) is 20.6 Å². The molecular formula is C6H14N4. The van der Waals surface area contributed by atoms with Gasteiger partial charge in [-0.05, 0) is 20.5 Å². The van der Waals surface area contributed by atoms with E-state index in [1.165, 1.54) is 0 Å². The van der Waals surface area contributed by atoms with Crippen LogP contribution in [0.4, 0.5) is 0 Å². The van der Waals surface area contributed by atoms with E-state index in [1.54, 1.807) is 0 Å². The molecule has 0 radical (unpaired) electrons. The summed E-state index contributed by atoms with van der Waals surface area (Å²) in [5.41, 5.74) is 0. The second-order valence-electron chi connectivity index (χ2n) is 1.91. The van der Waals surface area contributed by atoms with Crippen LogP contribution in [0, 0.1) is 5.41 Å². The molecule has 0 rings (SSSR count). The molecule has 58 valence electrons. The van der Waals surface area contributed by atoms with Crippen LogP contribution in [0.5, 0.6) is 0 Å². The number of aliphatic imine (C=N–C) groups is 1. The Morgan fingerprint density at radius 3 is 2.50 bits per heavy atom. The highest BCUT2D eigenvalue weighted by Gasteiger charge is 1.98. The van der Waals surface area contributed by atoms with Crippen LogP contribution < -0.4 is 10.6 Å². The lowest BCUT2D eigenvalue weighted by Gasteiger charge is -2.12. The zero-order valence-corrected chi connectivity index (χ0v) is 6.44. The van der Waals surface area contributed by atoms with E-state index in [-0.39, 0.29) is 6.17 Å². The average molecular weight is 142 g/mol.